The fraction of sp³-hybridized carbons (Fsp3) is 0.182. The van der Waals surface area contributed by atoms with Gasteiger partial charge in [-0.1, -0.05) is 6.58 Å². The molecule has 0 radical (unpaired) electrons. The van der Waals surface area contributed by atoms with Gasteiger partial charge in [-0.2, -0.15) is 0 Å². The Kier molecular flexibility index (Phi) is 4.30. The lowest BCUT2D eigenvalue weighted by atomic mass is 10.2. The molecular formula is C11H10N2O6. The zero-order valence-corrected chi connectivity index (χ0v) is 9.99. The quantitative estimate of drug-likeness (QED) is 0.349. The Balaban J connectivity index is 3.00. The lowest BCUT2D eigenvalue weighted by Crippen LogP contribution is -2.05. The Hall–Kier alpha value is -2.77. The minimum absolute atomic E-state index is 0.163. The van der Waals surface area contributed by atoms with E-state index in [0.29, 0.717) is 0 Å². The van der Waals surface area contributed by atoms with Crippen molar-refractivity contribution in [1.82, 2.24) is 0 Å². The van der Waals surface area contributed by atoms with Crippen LogP contribution in [0.25, 0.3) is 0 Å². The number of nitro benzene ring substituents is 2. The Labute approximate surface area is 107 Å². The van der Waals surface area contributed by atoms with E-state index in [1.165, 1.54) is 6.92 Å². The van der Waals surface area contributed by atoms with Crippen LogP contribution in [-0.2, 0) is 16.1 Å². The second-order valence-corrected chi connectivity index (χ2v) is 3.73. The van der Waals surface area contributed by atoms with Gasteiger partial charge >= 0.3 is 5.97 Å². The first-order chi connectivity index (χ1) is 8.81. The first-order valence-electron chi connectivity index (χ1n) is 5.06. The molecule has 0 aliphatic carbocycles. The third-order valence-electron chi connectivity index (χ3n) is 2.10. The fourth-order valence-electron chi connectivity index (χ4n) is 1.22. The number of esters is 1. The van der Waals surface area contributed by atoms with Gasteiger partial charge in [-0.15, -0.1) is 0 Å². The average molecular weight is 266 g/mol. The van der Waals surface area contributed by atoms with Crippen LogP contribution in [0.5, 0.6) is 0 Å². The van der Waals surface area contributed by atoms with Crippen LogP contribution < -0.4 is 0 Å². The summed E-state index contributed by atoms with van der Waals surface area (Å²) in [4.78, 5) is 30.9. The molecule has 0 aliphatic rings. The van der Waals surface area contributed by atoms with E-state index in [1.807, 2.05) is 0 Å². The molecule has 0 aromatic heterocycles. The van der Waals surface area contributed by atoms with E-state index in [1.54, 1.807) is 0 Å². The van der Waals surface area contributed by atoms with Crippen molar-refractivity contribution in [3.05, 3.63) is 56.1 Å². The predicted molar refractivity (Wildman–Crippen MR) is 64.4 cm³/mol. The number of carbonyl (C=O) groups excluding carboxylic acids is 1. The van der Waals surface area contributed by atoms with Crippen molar-refractivity contribution in [2.75, 3.05) is 0 Å². The predicted octanol–water partition coefficient (Wildman–Crippen LogP) is 2.12. The van der Waals surface area contributed by atoms with E-state index in [9.17, 15) is 25.0 Å². The molecule has 0 spiro atoms. The Morgan fingerprint density at radius 3 is 2.05 bits per heavy atom. The Bertz CT molecular complexity index is 534. The normalized spacial score (nSPS) is 9.74. The minimum atomic E-state index is -0.753. The summed E-state index contributed by atoms with van der Waals surface area (Å²) in [6.07, 6.45) is 0. The van der Waals surface area contributed by atoms with Crippen LogP contribution in [0.1, 0.15) is 12.5 Å². The molecule has 0 amide bonds. The lowest BCUT2D eigenvalue weighted by Gasteiger charge is -2.04. The SMILES string of the molecule is C=C(C)C(=O)OCc1cc([N+](=O)[O-])cc([N+](=O)[O-])c1. The molecule has 0 unspecified atom stereocenters. The average Bonchev–Trinajstić information content (AvgIpc) is 2.35. The summed E-state index contributed by atoms with van der Waals surface area (Å²) >= 11 is 0. The van der Waals surface area contributed by atoms with Gasteiger partial charge in [0.05, 0.1) is 15.9 Å². The van der Waals surface area contributed by atoms with Crippen LogP contribution in [0.3, 0.4) is 0 Å². The van der Waals surface area contributed by atoms with Crippen LogP contribution in [0.2, 0.25) is 0 Å². The molecule has 1 rings (SSSR count). The van der Waals surface area contributed by atoms with Crippen LogP contribution in [0.15, 0.2) is 30.4 Å². The monoisotopic (exact) mass is 266 g/mol. The molecule has 0 saturated heterocycles. The molecule has 1 aromatic carbocycles. The maximum absolute atomic E-state index is 11.2. The van der Waals surface area contributed by atoms with E-state index < -0.39 is 27.2 Å². The zero-order chi connectivity index (χ0) is 14.6. The summed E-state index contributed by atoms with van der Waals surface area (Å²) in [5.74, 6) is -0.672. The van der Waals surface area contributed by atoms with Gasteiger partial charge in [-0.05, 0) is 6.92 Å². The van der Waals surface area contributed by atoms with Crippen LogP contribution in [0, 0.1) is 20.2 Å². The van der Waals surface area contributed by atoms with E-state index in [0.717, 1.165) is 18.2 Å². The van der Waals surface area contributed by atoms with Gasteiger partial charge in [-0.25, -0.2) is 4.79 Å². The minimum Gasteiger partial charge on any atom is -0.457 e. The third-order valence-corrected chi connectivity index (χ3v) is 2.10. The van der Waals surface area contributed by atoms with Gasteiger partial charge in [0.25, 0.3) is 11.4 Å². The second-order valence-electron chi connectivity index (χ2n) is 3.73. The van der Waals surface area contributed by atoms with Crippen molar-refractivity contribution in [1.29, 1.82) is 0 Å². The van der Waals surface area contributed by atoms with Gasteiger partial charge in [0.1, 0.15) is 6.61 Å². The number of nitrogens with zero attached hydrogens (tertiary/aromatic N) is 2. The zero-order valence-electron chi connectivity index (χ0n) is 9.99. The summed E-state index contributed by atoms with van der Waals surface area (Å²) in [6.45, 7) is 4.51. The van der Waals surface area contributed by atoms with Crippen LogP contribution in [0.4, 0.5) is 11.4 Å². The van der Waals surface area contributed by atoms with Gasteiger partial charge in [0.15, 0.2) is 0 Å². The molecular weight excluding hydrogens is 256 g/mol. The van der Waals surface area contributed by atoms with Crippen molar-refractivity contribution >= 4 is 17.3 Å². The van der Waals surface area contributed by atoms with Gasteiger partial charge in [-0.3, -0.25) is 20.2 Å². The summed E-state index contributed by atoms with van der Waals surface area (Å²) in [5.41, 5.74) is -0.540. The summed E-state index contributed by atoms with van der Waals surface area (Å²) in [7, 11) is 0. The number of nitro groups is 2. The number of rotatable bonds is 5. The number of non-ortho nitro benzene ring substituents is 2. The van der Waals surface area contributed by atoms with Crippen LogP contribution in [-0.4, -0.2) is 15.8 Å². The van der Waals surface area contributed by atoms with Crippen molar-refractivity contribution in [3.63, 3.8) is 0 Å². The Morgan fingerprint density at radius 1 is 1.21 bits per heavy atom. The standard InChI is InChI=1S/C11H10N2O6/c1-7(2)11(14)19-6-8-3-9(12(15)16)5-10(4-8)13(17)18/h3-5H,1,6H2,2H3. The van der Waals surface area contributed by atoms with Crippen molar-refractivity contribution in [2.45, 2.75) is 13.5 Å². The van der Waals surface area contributed by atoms with Gasteiger partial charge in [0, 0.05) is 23.3 Å². The third kappa shape index (κ3) is 3.87. The van der Waals surface area contributed by atoms with E-state index in [-0.39, 0.29) is 17.7 Å². The molecule has 8 heteroatoms. The van der Waals surface area contributed by atoms with Crippen LogP contribution >= 0.6 is 0 Å². The number of ether oxygens (including phenoxy) is 1. The van der Waals surface area contributed by atoms with Gasteiger partial charge in [0.2, 0.25) is 0 Å². The van der Waals surface area contributed by atoms with E-state index in [2.05, 4.69) is 6.58 Å². The number of hydrogen-bond acceptors (Lipinski definition) is 6. The lowest BCUT2D eigenvalue weighted by molar-refractivity contribution is -0.394. The van der Waals surface area contributed by atoms with E-state index in [4.69, 9.17) is 4.74 Å². The molecule has 8 nitrogen and oxygen atoms in total. The topological polar surface area (TPSA) is 113 Å². The molecule has 0 atom stereocenters. The number of hydrogen-bond donors (Lipinski definition) is 0. The first-order valence-corrected chi connectivity index (χ1v) is 5.06. The van der Waals surface area contributed by atoms with Gasteiger partial charge < -0.3 is 4.74 Å². The highest BCUT2D eigenvalue weighted by Crippen LogP contribution is 2.23. The highest BCUT2D eigenvalue weighted by molar-refractivity contribution is 5.86. The largest absolute Gasteiger partial charge is 0.457 e. The summed E-state index contributed by atoms with van der Waals surface area (Å²) < 4.78 is 4.78. The molecule has 0 heterocycles. The molecule has 1 aromatic rings. The highest BCUT2D eigenvalue weighted by Gasteiger charge is 2.17. The molecule has 0 N–H and O–H groups in total. The Morgan fingerprint density at radius 2 is 1.68 bits per heavy atom. The molecule has 0 bridgehead atoms. The maximum atomic E-state index is 11.2. The maximum Gasteiger partial charge on any atom is 0.333 e. The fourth-order valence-corrected chi connectivity index (χ4v) is 1.22. The van der Waals surface area contributed by atoms with Crippen molar-refractivity contribution < 1.29 is 19.4 Å². The molecule has 100 valence electrons. The van der Waals surface area contributed by atoms with Crippen molar-refractivity contribution in [2.24, 2.45) is 0 Å². The number of benzene rings is 1. The molecule has 19 heavy (non-hydrogen) atoms. The second kappa shape index (κ2) is 5.71. The smallest absolute Gasteiger partial charge is 0.333 e. The first kappa shape index (κ1) is 14.3. The molecule has 0 saturated carbocycles. The number of carbonyl (C=O) groups is 1. The van der Waals surface area contributed by atoms with E-state index >= 15 is 0 Å². The summed E-state index contributed by atoms with van der Waals surface area (Å²) in [6, 6.07) is 3.06. The van der Waals surface area contributed by atoms with Crippen molar-refractivity contribution in [3.8, 4) is 0 Å². The molecule has 0 aliphatic heterocycles. The molecule has 0 fully saturated rings. The highest BCUT2D eigenvalue weighted by atomic mass is 16.6. The summed E-state index contributed by atoms with van der Waals surface area (Å²) in [5, 5.41) is 21.3.